The Morgan fingerprint density at radius 1 is 0.838 bits per heavy atom. The van der Waals surface area contributed by atoms with Crippen LogP contribution in [0.25, 0.3) is 49.7 Å². The SMILES string of the molecule is CC(=O)/C=C(/C)O.[Ir].[c-]1ccccc1-c1nc2ccccc2c2c1c1ccccc1n2-c1ccccc1. The van der Waals surface area contributed by atoms with Crippen LogP contribution in [0.15, 0.2) is 115 Å². The van der Waals surface area contributed by atoms with Crippen molar-refractivity contribution >= 4 is 38.5 Å². The first-order valence-electron chi connectivity index (χ1n) is 11.8. The van der Waals surface area contributed by atoms with Crippen molar-refractivity contribution < 1.29 is 30.0 Å². The molecule has 185 valence electrons. The van der Waals surface area contributed by atoms with E-state index in [1.807, 2.05) is 18.2 Å². The number of pyridine rings is 1. The minimum absolute atomic E-state index is 0. The summed E-state index contributed by atoms with van der Waals surface area (Å²) < 4.78 is 2.36. The molecule has 0 unspecified atom stereocenters. The fourth-order valence-electron chi connectivity index (χ4n) is 4.56. The number of aliphatic hydroxyl groups is 1. The van der Waals surface area contributed by atoms with Gasteiger partial charge >= 0.3 is 0 Å². The van der Waals surface area contributed by atoms with E-state index in [0.717, 1.165) is 27.8 Å². The van der Waals surface area contributed by atoms with E-state index >= 15 is 0 Å². The van der Waals surface area contributed by atoms with Gasteiger partial charge in [-0.3, -0.25) is 9.78 Å². The Hall–Kier alpha value is -4.05. The zero-order valence-corrected chi connectivity index (χ0v) is 22.9. The minimum Gasteiger partial charge on any atom is -0.512 e. The van der Waals surface area contributed by atoms with Crippen molar-refractivity contribution in [3.8, 4) is 16.9 Å². The molecule has 5 heteroatoms. The van der Waals surface area contributed by atoms with E-state index in [-0.39, 0.29) is 31.6 Å². The monoisotopic (exact) mass is 662 g/mol. The topological polar surface area (TPSA) is 55.1 Å². The van der Waals surface area contributed by atoms with Crippen LogP contribution in [0.5, 0.6) is 0 Å². The maximum absolute atomic E-state index is 10.0. The van der Waals surface area contributed by atoms with Crippen LogP contribution >= 0.6 is 0 Å². The first kappa shape index (κ1) is 26.0. The quantitative estimate of drug-likeness (QED) is 0.120. The molecule has 0 saturated carbocycles. The van der Waals surface area contributed by atoms with Gasteiger partial charge in [-0.2, -0.15) is 0 Å². The third-order valence-electron chi connectivity index (χ3n) is 5.89. The molecule has 2 heterocycles. The third-order valence-corrected chi connectivity index (χ3v) is 5.89. The summed E-state index contributed by atoms with van der Waals surface area (Å²) in [5, 5.41) is 11.9. The average Bonchev–Trinajstić information content (AvgIpc) is 3.24. The van der Waals surface area contributed by atoms with Crippen molar-refractivity contribution in [3.05, 3.63) is 121 Å². The number of para-hydroxylation sites is 3. The molecule has 0 spiro atoms. The first-order chi connectivity index (χ1) is 17.5. The Labute approximate surface area is 229 Å². The number of allylic oxidation sites excluding steroid dienone is 2. The molecule has 0 aliphatic heterocycles. The number of carbonyl (C=O) groups is 1. The van der Waals surface area contributed by atoms with E-state index < -0.39 is 0 Å². The first-order valence-corrected chi connectivity index (χ1v) is 11.8. The van der Waals surface area contributed by atoms with E-state index in [0.29, 0.717) is 0 Å². The maximum Gasteiger partial charge on any atom is 0.155 e. The Morgan fingerprint density at radius 2 is 1.49 bits per heavy atom. The van der Waals surface area contributed by atoms with E-state index in [2.05, 4.69) is 95.6 Å². The molecule has 0 aliphatic carbocycles. The van der Waals surface area contributed by atoms with Crippen LogP contribution in [0.3, 0.4) is 0 Å². The van der Waals surface area contributed by atoms with Crippen molar-refractivity contribution in [1.82, 2.24) is 9.55 Å². The van der Waals surface area contributed by atoms with E-state index in [1.165, 1.54) is 41.7 Å². The second-order valence-corrected chi connectivity index (χ2v) is 8.56. The number of ketones is 1. The van der Waals surface area contributed by atoms with E-state index in [1.54, 1.807) is 0 Å². The van der Waals surface area contributed by atoms with Gasteiger partial charge in [0.25, 0.3) is 0 Å². The molecule has 6 aromatic rings. The number of aromatic nitrogens is 2. The fourth-order valence-corrected chi connectivity index (χ4v) is 4.56. The Kier molecular flexibility index (Phi) is 7.98. The third kappa shape index (κ3) is 5.24. The molecule has 37 heavy (non-hydrogen) atoms. The molecule has 4 nitrogen and oxygen atoms in total. The van der Waals surface area contributed by atoms with E-state index in [4.69, 9.17) is 10.1 Å². The van der Waals surface area contributed by atoms with E-state index in [9.17, 15) is 4.79 Å². The van der Waals surface area contributed by atoms with Crippen molar-refractivity contribution in [2.75, 3.05) is 0 Å². The van der Waals surface area contributed by atoms with Crippen LogP contribution in [0.2, 0.25) is 0 Å². The molecule has 1 N–H and O–H groups in total. The van der Waals surface area contributed by atoms with Gasteiger partial charge in [0.1, 0.15) is 0 Å². The number of fused-ring (bicyclic) bond motifs is 5. The molecule has 1 radical (unpaired) electrons. The summed E-state index contributed by atoms with van der Waals surface area (Å²) in [4.78, 5) is 15.1. The Balaban J connectivity index is 0.000000356. The normalized spacial score (nSPS) is 11.1. The van der Waals surface area contributed by atoms with Gasteiger partial charge in [0.15, 0.2) is 5.78 Å². The van der Waals surface area contributed by atoms with Crippen LogP contribution in [0, 0.1) is 6.07 Å². The molecule has 0 amide bonds. The molecule has 4 aromatic carbocycles. The molecule has 6 rings (SSSR count). The van der Waals surface area contributed by atoms with Gasteiger partial charge in [-0.05, 0) is 49.2 Å². The van der Waals surface area contributed by atoms with Crippen molar-refractivity contribution in [2.24, 2.45) is 0 Å². The van der Waals surface area contributed by atoms with Crippen molar-refractivity contribution in [2.45, 2.75) is 13.8 Å². The average molecular weight is 662 g/mol. The summed E-state index contributed by atoms with van der Waals surface area (Å²) in [6.45, 7) is 2.85. The number of hydrogen-bond donors (Lipinski definition) is 1. The summed E-state index contributed by atoms with van der Waals surface area (Å²) in [5.74, 6) is -0.0625. The molecule has 0 aliphatic rings. The van der Waals surface area contributed by atoms with Gasteiger partial charge in [0.2, 0.25) is 0 Å². The number of benzene rings is 4. The van der Waals surface area contributed by atoms with Gasteiger partial charge < -0.3 is 9.67 Å². The molecule has 0 atom stereocenters. The smallest absolute Gasteiger partial charge is 0.155 e. The predicted octanol–water partition coefficient (Wildman–Crippen LogP) is 7.83. The zero-order chi connectivity index (χ0) is 25.1. The minimum atomic E-state index is -0.125. The second-order valence-electron chi connectivity index (χ2n) is 8.56. The number of carbonyl (C=O) groups excluding carboxylic acids is 1. The number of rotatable bonds is 3. The standard InChI is InChI=1S/C27H17N2.C5H8O2.Ir/c1-3-11-19(12-4-1)26-25-22-16-8-10-18-24(22)29(20-13-5-2-6-14-20)27(25)21-15-7-9-17-23(21)28-26;1-4(6)3-5(2)7;/h1-11,13-18H;3,6H,1-2H3;/q-1;;/b;4-3-;. The Bertz CT molecular complexity index is 1720. The molecule has 0 saturated heterocycles. The second kappa shape index (κ2) is 11.3. The molecule has 0 fully saturated rings. The summed E-state index contributed by atoms with van der Waals surface area (Å²) >= 11 is 0. The van der Waals surface area contributed by atoms with Crippen LogP contribution in [0.1, 0.15) is 13.8 Å². The van der Waals surface area contributed by atoms with Gasteiger partial charge in [0, 0.05) is 42.6 Å². The fraction of sp³-hybridized carbons (Fsp3) is 0.0625. The summed E-state index contributed by atoms with van der Waals surface area (Å²) in [6, 6.07) is 39.0. The largest absolute Gasteiger partial charge is 0.512 e. The van der Waals surface area contributed by atoms with Gasteiger partial charge in [-0.1, -0.05) is 54.6 Å². The number of nitrogens with zero attached hydrogens (tertiary/aromatic N) is 2. The van der Waals surface area contributed by atoms with Crippen LogP contribution in [-0.2, 0) is 24.9 Å². The van der Waals surface area contributed by atoms with Crippen molar-refractivity contribution in [1.29, 1.82) is 0 Å². The van der Waals surface area contributed by atoms with Gasteiger partial charge in [0.05, 0.1) is 22.3 Å². The summed E-state index contributed by atoms with van der Waals surface area (Å²) in [7, 11) is 0. The number of hydrogen-bond acceptors (Lipinski definition) is 3. The maximum atomic E-state index is 10.0. The molecular formula is C32H25IrN2O2-. The molecule has 2 aromatic heterocycles. The van der Waals surface area contributed by atoms with Crippen LogP contribution < -0.4 is 0 Å². The summed E-state index contributed by atoms with van der Waals surface area (Å²) in [6.07, 6.45) is 1.17. The van der Waals surface area contributed by atoms with Crippen LogP contribution in [0.4, 0.5) is 0 Å². The van der Waals surface area contributed by atoms with Crippen molar-refractivity contribution in [3.63, 3.8) is 0 Å². The number of aliphatic hydroxyl groups excluding tert-OH is 1. The predicted molar refractivity (Wildman–Crippen MR) is 147 cm³/mol. The van der Waals surface area contributed by atoms with Gasteiger partial charge in [-0.15, -0.1) is 35.9 Å². The van der Waals surface area contributed by atoms with Gasteiger partial charge in [-0.25, -0.2) is 0 Å². The zero-order valence-electron chi connectivity index (χ0n) is 20.5. The summed E-state index contributed by atoms with van der Waals surface area (Å²) in [5.41, 5.74) is 6.51. The Morgan fingerprint density at radius 3 is 2.14 bits per heavy atom. The molecule has 0 bridgehead atoms. The van der Waals surface area contributed by atoms with Crippen LogP contribution in [-0.4, -0.2) is 20.4 Å². The molecular weight excluding hydrogens is 637 g/mol.